The van der Waals surface area contributed by atoms with Crippen molar-refractivity contribution in [3.05, 3.63) is 34.3 Å². The number of hydrogen-bond donors (Lipinski definition) is 1. The Labute approximate surface area is 112 Å². The molecule has 1 atom stereocenters. The fourth-order valence-corrected chi connectivity index (χ4v) is 1.99. The second kappa shape index (κ2) is 8.64. The summed E-state index contributed by atoms with van der Waals surface area (Å²) in [5, 5.41) is 3.27. The van der Waals surface area contributed by atoms with Crippen LogP contribution in [0.25, 0.3) is 0 Å². The van der Waals surface area contributed by atoms with Crippen molar-refractivity contribution in [1.29, 1.82) is 0 Å². The first-order valence-electron chi connectivity index (χ1n) is 5.75. The zero-order chi connectivity index (χ0) is 12.5. The summed E-state index contributed by atoms with van der Waals surface area (Å²) >= 11 is 3.56. The van der Waals surface area contributed by atoms with E-state index >= 15 is 0 Å². The van der Waals surface area contributed by atoms with E-state index in [1.165, 1.54) is 5.56 Å². The van der Waals surface area contributed by atoms with Crippen LogP contribution < -0.4 is 5.32 Å². The van der Waals surface area contributed by atoms with E-state index in [2.05, 4.69) is 39.4 Å². The van der Waals surface area contributed by atoms with Gasteiger partial charge in [0.25, 0.3) is 0 Å². The van der Waals surface area contributed by atoms with Crippen LogP contribution in [-0.2, 0) is 15.9 Å². The number of benzene rings is 1. The van der Waals surface area contributed by atoms with Crippen LogP contribution in [0.5, 0.6) is 0 Å². The van der Waals surface area contributed by atoms with Gasteiger partial charge in [-0.25, -0.2) is 0 Å². The molecule has 0 heterocycles. The van der Waals surface area contributed by atoms with Gasteiger partial charge in [-0.1, -0.05) is 34.1 Å². The lowest BCUT2D eigenvalue weighted by molar-refractivity contribution is 0.0597. The molecule has 1 aromatic rings. The molecule has 17 heavy (non-hydrogen) atoms. The van der Waals surface area contributed by atoms with Crippen molar-refractivity contribution in [2.45, 2.75) is 12.5 Å². The highest BCUT2D eigenvalue weighted by Gasteiger charge is 2.09. The average molecular weight is 302 g/mol. The smallest absolute Gasteiger partial charge is 0.0701 e. The summed E-state index contributed by atoms with van der Waals surface area (Å²) in [6.07, 6.45) is 0.949. The second-order valence-electron chi connectivity index (χ2n) is 3.85. The van der Waals surface area contributed by atoms with Gasteiger partial charge in [0.15, 0.2) is 0 Å². The van der Waals surface area contributed by atoms with Gasteiger partial charge in [0.05, 0.1) is 19.8 Å². The standard InChI is InChI=1S/C13H20BrNO2/c1-15-12(10-17-8-7-16-2)9-11-5-3-4-6-13(11)14/h3-6,12,15H,7-10H2,1-2H3. The maximum Gasteiger partial charge on any atom is 0.0701 e. The Kier molecular flexibility index (Phi) is 7.44. The minimum absolute atomic E-state index is 0.325. The molecular weight excluding hydrogens is 282 g/mol. The molecule has 1 unspecified atom stereocenters. The second-order valence-corrected chi connectivity index (χ2v) is 4.70. The Morgan fingerprint density at radius 1 is 1.29 bits per heavy atom. The van der Waals surface area contributed by atoms with Crippen molar-refractivity contribution in [2.24, 2.45) is 0 Å². The van der Waals surface area contributed by atoms with Crippen molar-refractivity contribution >= 4 is 15.9 Å². The molecule has 0 aliphatic carbocycles. The zero-order valence-electron chi connectivity index (χ0n) is 10.4. The number of methoxy groups -OCH3 is 1. The van der Waals surface area contributed by atoms with Gasteiger partial charge in [0, 0.05) is 17.6 Å². The number of nitrogens with one attached hydrogen (secondary N) is 1. The maximum absolute atomic E-state index is 5.54. The van der Waals surface area contributed by atoms with E-state index < -0.39 is 0 Å². The molecule has 0 aliphatic rings. The lowest BCUT2D eigenvalue weighted by Gasteiger charge is -2.17. The van der Waals surface area contributed by atoms with Crippen molar-refractivity contribution < 1.29 is 9.47 Å². The maximum atomic E-state index is 5.54. The van der Waals surface area contributed by atoms with Crippen molar-refractivity contribution in [2.75, 3.05) is 34.0 Å². The molecular formula is C13H20BrNO2. The number of halogens is 1. The predicted molar refractivity (Wildman–Crippen MR) is 73.4 cm³/mol. The third kappa shape index (κ3) is 5.64. The van der Waals surface area contributed by atoms with Crippen molar-refractivity contribution in [3.8, 4) is 0 Å². The van der Waals surface area contributed by atoms with Crippen LogP contribution >= 0.6 is 15.9 Å². The number of rotatable bonds is 8. The highest BCUT2D eigenvalue weighted by Crippen LogP contribution is 2.17. The van der Waals surface area contributed by atoms with Gasteiger partial charge in [0.1, 0.15) is 0 Å². The molecule has 3 nitrogen and oxygen atoms in total. The molecule has 0 amide bonds. The highest BCUT2D eigenvalue weighted by molar-refractivity contribution is 9.10. The van der Waals surface area contributed by atoms with E-state index in [0.29, 0.717) is 25.9 Å². The molecule has 1 rings (SSSR count). The largest absolute Gasteiger partial charge is 0.382 e. The number of ether oxygens (including phenoxy) is 2. The van der Waals surface area contributed by atoms with Crippen LogP contribution in [0.1, 0.15) is 5.56 Å². The zero-order valence-corrected chi connectivity index (χ0v) is 12.0. The number of hydrogen-bond acceptors (Lipinski definition) is 3. The van der Waals surface area contributed by atoms with Gasteiger partial charge in [-0.2, -0.15) is 0 Å². The first-order chi connectivity index (χ1) is 8.27. The highest BCUT2D eigenvalue weighted by atomic mass is 79.9. The van der Waals surface area contributed by atoms with Crippen LogP contribution in [0.4, 0.5) is 0 Å². The van der Waals surface area contributed by atoms with Gasteiger partial charge in [-0.05, 0) is 25.1 Å². The quantitative estimate of drug-likeness (QED) is 0.747. The fraction of sp³-hybridized carbons (Fsp3) is 0.538. The SMILES string of the molecule is CNC(COCCOC)Cc1ccccc1Br. The van der Waals surface area contributed by atoms with Crippen LogP contribution in [0.3, 0.4) is 0 Å². The molecule has 4 heteroatoms. The summed E-state index contributed by atoms with van der Waals surface area (Å²) in [5.74, 6) is 0. The van der Waals surface area contributed by atoms with E-state index in [4.69, 9.17) is 9.47 Å². The van der Waals surface area contributed by atoms with Crippen LogP contribution in [0, 0.1) is 0 Å². The Balaban J connectivity index is 2.38. The molecule has 0 saturated carbocycles. The van der Waals surface area contributed by atoms with Gasteiger partial charge >= 0.3 is 0 Å². The Morgan fingerprint density at radius 2 is 2.06 bits per heavy atom. The topological polar surface area (TPSA) is 30.5 Å². The molecule has 0 aliphatic heterocycles. The third-order valence-electron chi connectivity index (χ3n) is 2.58. The minimum atomic E-state index is 0.325. The van der Waals surface area contributed by atoms with Crippen LogP contribution in [-0.4, -0.2) is 40.0 Å². The summed E-state index contributed by atoms with van der Waals surface area (Å²) in [4.78, 5) is 0. The fourth-order valence-electron chi connectivity index (χ4n) is 1.54. The van der Waals surface area contributed by atoms with E-state index in [9.17, 15) is 0 Å². The molecule has 0 fully saturated rings. The van der Waals surface area contributed by atoms with E-state index in [0.717, 1.165) is 10.9 Å². The van der Waals surface area contributed by atoms with Crippen molar-refractivity contribution in [1.82, 2.24) is 5.32 Å². The van der Waals surface area contributed by atoms with Gasteiger partial charge in [-0.3, -0.25) is 0 Å². The van der Waals surface area contributed by atoms with Gasteiger partial charge in [-0.15, -0.1) is 0 Å². The molecule has 96 valence electrons. The first-order valence-corrected chi connectivity index (χ1v) is 6.54. The van der Waals surface area contributed by atoms with Crippen LogP contribution in [0.15, 0.2) is 28.7 Å². The molecule has 0 spiro atoms. The molecule has 1 N–H and O–H groups in total. The summed E-state index contributed by atoms with van der Waals surface area (Å²) in [5.41, 5.74) is 1.29. The lowest BCUT2D eigenvalue weighted by atomic mass is 10.1. The molecule has 0 bridgehead atoms. The summed E-state index contributed by atoms with van der Waals surface area (Å²) < 4.78 is 11.6. The Hall–Kier alpha value is -0.420. The monoisotopic (exact) mass is 301 g/mol. The Morgan fingerprint density at radius 3 is 2.71 bits per heavy atom. The minimum Gasteiger partial charge on any atom is -0.382 e. The normalized spacial score (nSPS) is 12.6. The van der Waals surface area contributed by atoms with E-state index in [1.54, 1.807) is 7.11 Å². The summed E-state index contributed by atoms with van der Waals surface area (Å²) in [6.45, 7) is 1.98. The molecule has 0 saturated heterocycles. The number of likely N-dealkylation sites (N-methyl/N-ethyl adjacent to an activating group) is 1. The predicted octanol–water partition coefficient (Wildman–Crippen LogP) is 2.24. The van der Waals surface area contributed by atoms with Crippen molar-refractivity contribution in [3.63, 3.8) is 0 Å². The Bertz CT molecular complexity index is 320. The van der Waals surface area contributed by atoms with Crippen LogP contribution in [0.2, 0.25) is 0 Å². The molecule has 0 aromatic heterocycles. The summed E-state index contributed by atoms with van der Waals surface area (Å²) in [6, 6.07) is 8.60. The van der Waals surface area contributed by atoms with E-state index in [-0.39, 0.29) is 0 Å². The third-order valence-corrected chi connectivity index (χ3v) is 3.36. The molecule has 1 aromatic carbocycles. The molecule has 0 radical (unpaired) electrons. The van der Waals surface area contributed by atoms with Gasteiger partial charge in [0.2, 0.25) is 0 Å². The van der Waals surface area contributed by atoms with E-state index in [1.807, 2.05) is 13.1 Å². The summed E-state index contributed by atoms with van der Waals surface area (Å²) in [7, 11) is 3.64. The first kappa shape index (κ1) is 14.6. The lowest BCUT2D eigenvalue weighted by Crippen LogP contribution is -2.33. The average Bonchev–Trinajstić information content (AvgIpc) is 2.35. The van der Waals surface area contributed by atoms with Gasteiger partial charge < -0.3 is 14.8 Å².